The fourth-order valence-corrected chi connectivity index (χ4v) is 1.59. The van der Waals surface area contributed by atoms with Crippen molar-refractivity contribution in [3.63, 3.8) is 0 Å². The number of hydrogen-bond donors (Lipinski definition) is 1. The highest BCUT2D eigenvalue weighted by atomic mass is 16.6. The third kappa shape index (κ3) is 2.40. The summed E-state index contributed by atoms with van der Waals surface area (Å²) in [6.07, 6.45) is 0. The van der Waals surface area contributed by atoms with Gasteiger partial charge in [-0.05, 0) is 45.2 Å². The number of nitrogens with one attached hydrogen (secondary N) is 1. The SMILES string of the molecule is N#Cc1ccc(Nc2nc3nonc3nc2N=[N+]=[N-])cc1. The predicted molar refractivity (Wildman–Crippen MR) is 70.6 cm³/mol. The van der Waals surface area contributed by atoms with Gasteiger partial charge in [0.15, 0.2) is 11.6 Å². The lowest BCUT2D eigenvalue weighted by Gasteiger charge is -2.06. The van der Waals surface area contributed by atoms with Gasteiger partial charge in [0, 0.05) is 10.6 Å². The first kappa shape index (κ1) is 12.3. The maximum atomic E-state index is 8.75. The second-order valence-electron chi connectivity index (χ2n) is 3.81. The Balaban J connectivity index is 2.03. The summed E-state index contributed by atoms with van der Waals surface area (Å²) in [5, 5.41) is 22.2. The molecule has 2 aromatic heterocycles. The van der Waals surface area contributed by atoms with Crippen LogP contribution < -0.4 is 5.32 Å². The summed E-state index contributed by atoms with van der Waals surface area (Å²) in [7, 11) is 0. The van der Waals surface area contributed by atoms with Crippen molar-refractivity contribution in [2.45, 2.75) is 0 Å². The Kier molecular flexibility index (Phi) is 3.01. The quantitative estimate of drug-likeness (QED) is 0.439. The predicted octanol–water partition coefficient (Wildman–Crippen LogP) is 2.57. The maximum Gasteiger partial charge on any atom is 0.245 e. The molecule has 0 amide bonds. The molecular formula is C11H5N9O. The van der Waals surface area contributed by atoms with Crippen molar-refractivity contribution in [1.82, 2.24) is 20.3 Å². The number of nitrogens with zero attached hydrogens (tertiary/aromatic N) is 8. The molecule has 0 aliphatic carbocycles. The summed E-state index contributed by atoms with van der Waals surface area (Å²) in [4.78, 5) is 10.8. The first-order chi connectivity index (χ1) is 10.3. The molecule has 0 bridgehead atoms. The Bertz CT molecular complexity index is 886. The van der Waals surface area contributed by atoms with Gasteiger partial charge in [0.2, 0.25) is 11.3 Å². The van der Waals surface area contributed by atoms with E-state index in [2.05, 4.69) is 40.3 Å². The number of rotatable bonds is 3. The number of nitriles is 1. The largest absolute Gasteiger partial charge is 0.338 e. The molecule has 0 fully saturated rings. The Morgan fingerprint density at radius 3 is 2.57 bits per heavy atom. The van der Waals surface area contributed by atoms with Crippen molar-refractivity contribution in [3.8, 4) is 6.07 Å². The molecule has 3 rings (SSSR count). The minimum absolute atomic E-state index is 0.0186. The minimum Gasteiger partial charge on any atom is -0.338 e. The summed E-state index contributed by atoms with van der Waals surface area (Å²) in [6.45, 7) is 0. The minimum atomic E-state index is 0.0186. The molecular weight excluding hydrogens is 274 g/mol. The highest BCUT2D eigenvalue weighted by Gasteiger charge is 2.11. The van der Waals surface area contributed by atoms with Crippen LogP contribution in [0.25, 0.3) is 21.7 Å². The Hall–Kier alpha value is -3.70. The number of aromatic nitrogens is 4. The van der Waals surface area contributed by atoms with Crippen LogP contribution in [0, 0.1) is 11.3 Å². The first-order valence-corrected chi connectivity index (χ1v) is 5.63. The Labute approximate surface area is 116 Å². The van der Waals surface area contributed by atoms with Crippen LogP contribution in [-0.4, -0.2) is 20.3 Å². The standard InChI is InChI=1S/C11H5N9O/c12-5-6-1-3-7(4-2-6)14-8-9(17-20-13)16-11-10(15-8)18-21-19-11/h1-4H,(H,14,15,18). The molecule has 100 valence electrons. The van der Waals surface area contributed by atoms with Gasteiger partial charge < -0.3 is 5.32 Å². The van der Waals surface area contributed by atoms with Crippen molar-refractivity contribution >= 4 is 28.6 Å². The fourth-order valence-electron chi connectivity index (χ4n) is 1.59. The zero-order chi connectivity index (χ0) is 14.7. The van der Waals surface area contributed by atoms with Gasteiger partial charge in [0.1, 0.15) is 0 Å². The van der Waals surface area contributed by atoms with E-state index >= 15 is 0 Å². The molecule has 0 spiro atoms. The molecule has 1 aromatic carbocycles. The molecule has 21 heavy (non-hydrogen) atoms. The molecule has 0 saturated heterocycles. The zero-order valence-corrected chi connectivity index (χ0v) is 10.3. The van der Waals surface area contributed by atoms with Crippen molar-refractivity contribution in [2.75, 3.05) is 5.32 Å². The van der Waals surface area contributed by atoms with E-state index in [0.29, 0.717) is 11.3 Å². The first-order valence-electron chi connectivity index (χ1n) is 5.63. The monoisotopic (exact) mass is 279 g/mol. The smallest absolute Gasteiger partial charge is 0.245 e. The lowest BCUT2D eigenvalue weighted by Crippen LogP contribution is -1.96. The summed E-state index contributed by atoms with van der Waals surface area (Å²) >= 11 is 0. The van der Waals surface area contributed by atoms with Gasteiger partial charge in [-0.2, -0.15) is 5.26 Å². The van der Waals surface area contributed by atoms with Gasteiger partial charge in [-0.15, -0.1) is 0 Å². The average molecular weight is 279 g/mol. The van der Waals surface area contributed by atoms with Gasteiger partial charge in [-0.25, -0.2) is 14.6 Å². The van der Waals surface area contributed by atoms with Crippen LogP contribution in [-0.2, 0) is 0 Å². The Morgan fingerprint density at radius 1 is 1.19 bits per heavy atom. The number of hydrogen-bond acceptors (Lipinski definition) is 8. The normalized spacial score (nSPS) is 9.86. The summed E-state index contributed by atoms with van der Waals surface area (Å²) in [6, 6.07) is 8.67. The van der Waals surface area contributed by atoms with Crippen molar-refractivity contribution < 1.29 is 4.63 Å². The van der Waals surface area contributed by atoms with Crippen LogP contribution in [0.4, 0.5) is 17.3 Å². The second kappa shape index (κ2) is 5.12. The number of azide groups is 1. The van der Waals surface area contributed by atoms with E-state index in [0.717, 1.165) is 0 Å². The van der Waals surface area contributed by atoms with Crippen molar-refractivity contribution in [1.29, 1.82) is 5.26 Å². The fraction of sp³-hybridized carbons (Fsp3) is 0. The van der Waals surface area contributed by atoms with E-state index in [1.54, 1.807) is 24.3 Å². The molecule has 0 saturated carbocycles. The lowest BCUT2D eigenvalue weighted by atomic mass is 10.2. The number of fused-ring (bicyclic) bond motifs is 1. The van der Waals surface area contributed by atoms with E-state index in [4.69, 9.17) is 10.8 Å². The second-order valence-corrected chi connectivity index (χ2v) is 3.81. The molecule has 0 unspecified atom stereocenters. The lowest BCUT2D eigenvalue weighted by molar-refractivity contribution is 0.314. The van der Waals surface area contributed by atoms with Gasteiger partial charge in [0.05, 0.1) is 11.6 Å². The highest BCUT2D eigenvalue weighted by molar-refractivity contribution is 5.74. The van der Waals surface area contributed by atoms with Crippen LogP contribution in [0.1, 0.15) is 5.56 Å². The molecule has 0 aliphatic heterocycles. The number of benzene rings is 1. The van der Waals surface area contributed by atoms with Gasteiger partial charge in [-0.3, -0.25) is 0 Å². The summed E-state index contributed by atoms with van der Waals surface area (Å²) in [5.41, 5.74) is 10.1. The van der Waals surface area contributed by atoms with E-state index in [-0.39, 0.29) is 22.9 Å². The zero-order valence-electron chi connectivity index (χ0n) is 10.3. The molecule has 0 radical (unpaired) electrons. The maximum absolute atomic E-state index is 8.75. The Morgan fingerprint density at radius 2 is 1.90 bits per heavy atom. The van der Waals surface area contributed by atoms with E-state index in [1.165, 1.54) is 0 Å². The highest BCUT2D eigenvalue weighted by Crippen LogP contribution is 2.26. The van der Waals surface area contributed by atoms with Crippen molar-refractivity contribution in [3.05, 3.63) is 40.3 Å². The third-order valence-electron chi connectivity index (χ3n) is 2.51. The van der Waals surface area contributed by atoms with E-state index < -0.39 is 0 Å². The molecule has 3 aromatic rings. The van der Waals surface area contributed by atoms with Gasteiger partial charge in [-0.1, -0.05) is 0 Å². The molecule has 0 atom stereocenters. The van der Waals surface area contributed by atoms with Gasteiger partial charge >= 0.3 is 0 Å². The van der Waals surface area contributed by atoms with E-state index in [1.807, 2.05) is 6.07 Å². The van der Waals surface area contributed by atoms with Crippen LogP contribution in [0.2, 0.25) is 0 Å². The number of anilines is 2. The summed E-state index contributed by atoms with van der Waals surface area (Å²) < 4.78 is 4.51. The molecule has 2 heterocycles. The molecule has 0 aliphatic rings. The van der Waals surface area contributed by atoms with Crippen LogP contribution in [0.3, 0.4) is 0 Å². The van der Waals surface area contributed by atoms with Crippen LogP contribution in [0.15, 0.2) is 34.0 Å². The van der Waals surface area contributed by atoms with Crippen molar-refractivity contribution in [2.24, 2.45) is 5.11 Å². The third-order valence-corrected chi connectivity index (χ3v) is 2.51. The van der Waals surface area contributed by atoms with Crippen LogP contribution >= 0.6 is 0 Å². The molecule has 10 heteroatoms. The topological polar surface area (TPSA) is 149 Å². The molecule has 10 nitrogen and oxygen atoms in total. The van der Waals surface area contributed by atoms with Crippen LogP contribution in [0.5, 0.6) is 0 Å². The van der Waals surface area contributed by atoms with E-state index in [9.17, 15) is 0 Å². The molecule has 1 N–H and O–H groups in total. The van der Waals surface area contributed by atoms with Gasteiger partial charge in [0.25, 0.3) is 0 Å². The average Bonchev–Trinajstić information content (AvgIpc) is 2.96. The summed E-state index contributed by atoms with van der Waals surface area (Å²) in [5.74, 6) is 0.228.